The molecule has 216 valence electrons. The summed E-state index contributed by atoms with van der Waals surface area (Å²) in [6.07, 6.45) is -4.20. The van der Waals surface area contributed by atoms with E-state index in [0.717, 1.165) is 18.2 Å². The second kappa shape index (κ2) is 8.65. The number of aliphatic hydroxyl groups excluding tert-OH is 2. The van der Waals surface area contributed by atoms with E-state index in [1.54, 1.807) is 0 Å². The highest BCUT2D eigenvalue weighted by Gasteiger charge is 2.60. The largest absolute Gasteiger partial charge is 0.508 e. The number of benzene rings is 4. The Morgan fingerprint density at radius 2 is 1.31 bits per heavy atom. The van der Waals surface area contributed by atoms with Crippen LogP contribution in [-0.2, 0) is 12.2 Å². The van der Waals surface area contributed by atoms with E-state index in [0.29, 0.717) is 0 Å². The average Bonchev–Trinajstić information content (AvgIpc) is 2.92. The molecule has 7 rings (SSSR count). The van der Waals surface area contributed by atoms with Crippen LogP contribution in [0.4, 0.5) is 0 Å². The number of fused-ring (bicyclic) bond motifs is 8. The minimum Gasteiger partial charge on any atom is -0.508 e. The number of ether oxygens (including phenoxy) is 3. The number of phenolic OH excluding ortho intramolecular Hbond substituents is 7. The van der Waals surface area contributed by atoms with Crippen LogP contribution in [0.25, 0.3) is 0 Å². The lowest BCUT2D eigenvalue weighted by atomic mass is 9.74. The molecule has 5 atom stereocenters. The van der Waals surface area contributed by atoms with Gasteiger partial charge in [-0.05, 0) is 36.4 Å². The maximum absolute atomic E-state index is 11.9. The molecule has 0 amide bonds. The first-order valence-corrected chi connectivity index (χ1v) is 12.9. The van der Waals surface area contributed by atoms with Crippen molar-refractivity contribution >= 4 is 0 Å². The predicted molar refractivity (Wildman–Crippen MR) is 141 cm³/mol. The Bertz CT molecular complexity index is 1740. The van der Waals surface area contributed by atoms with Gasteiger partial charge in [-0.2, -0.15) is 0 Å². The van der Waals surface area contributed by atoms with Gasteiger partial charge in [0.05, 0.1) is 12.0 Å². The van der Waals surface area contributed by atoms with Crippen LogP contribution in [0.3, 0.4) is 0 Å². The summed E-state index contributed by atoms with van der Waals surface area (Å²) >= 11 is 0. The fraction of sp³-hybridized carbons (Fsp3) is 0.200. The van der Waals surface area contributed by atoms with Crippen LogP contribution in [0.15, 0.2) is 54.6 Å². The Hall–Kier alpha value is -5.20. The van der Waals surface area contributed by atoms with Crippen LogP contribution in [0.2, 0.25) is 0 Å². The molecule has 4 aromatic carbocycles. The number of aliphatic hydroxyl groups is 2. The van der Waals surface area contributed by atoms with Crippen molar-refractivity contribution in [1.82, 2.24) is 0 Å². The second-order valence-corrected chi connectivity index (χ2v) is 10.6. The van der Waals surface area contributed by atoms with Gasteiger partial charge in [-0.25, -0.2) is 0 Å². The van der Waals surface area contributed by atoms with Gasteiger partial charge in [0, 0.05) is 52.4 Å². The fourth-order valence-corrected chi connectivity index (χ4v) is 6.12. The van der Waals surface area contributed by atoms with Crippen molar-refractivity contribution in [3.63, 3.8) is 0 Å². The van der Waals surface area contributed by atoms with Crippen LogP contribution >= 0.6 is 0 Å². The molecule has 3 aliphatic heterocycles. The first-order chi connectivity index (χ1) is 20.0. The van der Waals surface area contributed by atoms with Gasteiger partial charge in [0.2, 0.25) is 0 Å². The van der Waals surface area contributed by atoms with Crippen LogP contribution < -0.4 is 14.2 Å². The van der Waals surface area contributed by atoms with Gasteiger partial charge in [-0.1, -0.05) is 0 Å². The summed E-state index contributed by atoms with van der Waals surface area (Å²) in [5.74, 6) is -6.19. The maximum atomic E-state index is 11.9. The lowest BCUT2D eigenvalue weighted by molar-refractivity contribution is -0.219. The minimum atomic E-state index is -1.96. The van der Waals surface area contributed by atoms with Crippen LogP contribution in [0.5, 0.6) is 57.5 Å². The molecule has 4 aromatic rings. The van der Waals surface area contributed by atoms with Crippen molar-refractivity contribution in [2.24, 2.45) is 0 Å². The number of rotatable bonds is 2. The minimum absolute atomic E-state index is 0.0101. The molecule has 0 aliphatic carbocycles. The molecule has 42 heavy (non-hydrogen) atoms. The zero-order valence-corrected chi connectivity index (χ0v) is 21.5. The van der Waals surface area contributed by atoms with Crippen LogP contribution in [0, 0.1) is 0 Å². The summed E-state index contributed by atoms with van der Waals surface area (Å²) in [6.45, 7) is 0. The van der Waals surface area contributed by atoms with Crippen molar-refractivity contribution in [3.05, 3.63) is 82.4 Å². The van der Waals surface area contributed by atoms with E-state index in [1.165, 1.54) is 36.4 Å². The summed E-state index contributed by atoms with van der Waals surface area (Å²) in [4.78, 5) is 0. The van der Waals surface area contributed by atoms with Crippen molar-refractivity contribution in [1.29, 1.82) is 0 Å². The maximum Gasteiger partial charge on any atom is 0.305 e. The summed E-state index contributed by atoms with van der Waals surface area (Å²) in [7, 11) is 0. The first kappa shape index (κ1) is 25.7. The summed E-state index contributed by atoms with van der Waals surface area (Å²) < 4.78 is 18.7. The normalized spacial score (nSPS) is 25.2. The Kier molecular flexibility index (Phi) is 5.30. The highest BCUT2D eigenvalue weighted by molar-refractivity contribution is 5.68. The molecule has 9 N–H and O–H groups in total. The van der Waals surface area contributed by atoms with E-state index in [9.17, 15) is 46.0 Å². The van der Waals surface area contributed by atoms with Crippen molar-refractivity contribution in [2.45, 2.75) is 36.4 Å². The summed E-state index contributed by atoms with van der Waals surface area (Å²) in [5.41, 5.74) is 0.842. The molecule has 3 aliphatic rings. The van der Waals surface area contributed by atoms with Crippen LogP contribution in [-0.4, -0.2) is 58.2 Å². The summed E-state index contributed by atoms with van der Waals surface area (Å²) in [5, 5.41) is 94.9. The topological polar surface area (TPSA) is 210 Å². The second-order valence-electron chi connectivity index (χ2n) is 10.6. The van der Waals surface area contributed by atoms with Crippen LogP contribution in [0.1, 0.15) is 39.8 Å². The van der Waals surface area contributed by atoms with Gasteiger partial charge < -0.3 is 60.2 Å². The van der Waals surface area contributed by atoms with E-state index in [2.05, 4.69) is 0 Å². The molecule has 0 fully saturated rings. The van der Waals surface area contributed by atoms with Crippen molar-refractivity contribution < 1.29 is 60.2 Å². The van der Waals surface area contributed by atoms with E-state index < -0.39 is 53.0 Å². The molecule has 2 bridgehead atoms. The molecule has 0 aromatic heterocycles. The Morgan fingerprint density at radius 3 is 1.98 bits per heavy atom. The average molecular weight is 577 g/mol. The van der Waals surface area contributed by atoms with Gasteiger partial charge in [0.15, 0.2) is 23.4 Å². The zero-order valence-electron chi connectivity index (χ0n) is 21.5. The lowest BCUT2D eigenvalue weighted by Crippen LogP contribution is -2.57. The van der Waals surface area contributed by atoms with Crippen molar-refractivity contribution in [2.75, 3.05) is 0 Å². The number of aromatic hydroxyl groups is 7. The van der Waals surface area contributed by atoms with E-state index in [-0.39, 0.29) is 68.7 Å². The summed E-state index contributed by atoms with van der Waals surface area (Å²) in [6, 6.07) is 11.5. The highest BCUT2D eigenvalue weighted by Crippen LogP contribution is 2.62. The first-order valence-electron chi connectivity index (χ1n) is 12.9. The Labute approximate surface area is 236 Å². The smallest absolute Gasteiger partial charge is 0.305 e. The third-order valence-corrected chi connectivity index (χ3v) is 8.01. The third-order valence-electron chi connectivity index (χ3n) is 8.01. The SMILES string of the molecule is Oc1ccc([C@@]23Oc4cc(O)cc(O)c4[C@H](c4c(cc(O)c5c4O[C@H](c4cc(O)c(O)c(O)c4)[C@@H](O)C5)O2)[C@H]3O)cc1. The Morgan fingerprint density at radius 1 is 0.667 bits per heavy atom. The third kappa shape index (κ3) is 3.49. The van der Waals surface area contributed by atoms with Gasteiger partial charge >= 0.3 is 5.79 Å². The zero-order chi connectivity index (χ0) is 29.7. The molecule has 0 radical (unpaired) electrons. The van der Waals surface area contributed by atoms with E-state index >= 15 is 0 Å². The predicted octanol–water partition coefficient (Wildman–Crippen LogP) is 2.79. The van der Waals surface area contributed by atoms with Gasteiger partial charge in [0.1, 0.15) is 46.4 Å². The number of hydrogen-bond donors (Lipinski definition) is 9. The molecule has 12 heteroatoms. The molecule has 0 spiro atoms. The molecule has 12 nitrogen and oxygen atoms in total. The van der Waals surface area contributed by atoms with Gasteiger partial charge in [-0.15, -0.1) is 0 Å². The molecule has 0 unspecified atom stereocenters. The number of hydrogen-bond acceptors (Lipinski definition) is 12. The molecule has 3 heterocycles. The van der Waals surface area contributed by atoms with Gasteiger partial charge in [0.25, 0.3) is 0 Å². The molecular formula is C30H24O12. The molecule has 0 saturated carbocycles. The Balaban J connectivity index is 1.47. The van der Waals surface area contributed by atoms with E-state index in [1.807, 2.05) is 0 Å². The van der Waals surface area contributed by atoms with Crippen molar-refractivity contribution in [3.8, 4) is 57.5 Å². The fourth-order valence-electron chi connectivity index (χ4n) is 6.12. The molecular weight excluding hydrogens is 552 g/mol. The standard InChI is InChI=1S/C30H24O12/c31-13-3-1-12(2-4-13)30-29(39)25(23-17(34)7-14(32)8-21(23)41-30)24-22(42-30)10-16(33)15-9-20(37)27(40-28(15)24)11-5-18(35)26(38)19(36)6-11/h1-8,10,20,25,27,29,31-39H,9H2/t20-,25+,27+,29+,30+/m0/s1. The molecule has 0 saturated heterocycles. The monoisotopic (exact) mass is 576 g/mol. The quantitative estimate of drug-likeness (QED) is 0.158. The number of phenols is 7. The van der Waals surface area contributed by atoms with Gasteiger partial charge in [-0.3, -0.25) is 0 Å². The van der Waals surface area contributed by atoms with E-state index in [4.69, 9.17) is 14.2 Å². The lowest BCUT2D eigenvalue weighted by Gasteiger charge is -2.50. The highest BCUT2D eigenvalue weighted by atomic mass is 16.7.